The van der Waals surface area contributed by atoms with E-state index in [0.29, 0.717) is 5.75 Å². The molecule has 1 aromatic carbocycles. The van der Waals surface area contributed by atoms with Crippen molar-refractivity contribution < 1.29 is 14.3 Å². The molecule has 0 bridgehead atoms. The first-order valence-corrected chi connectivity index (χ1v) is 3.39. The molecule has 0 fully saturated rings. The molecule has 0 radical (unpaired) electrons. The molecule has 0 aliphatic carbocycles. The Kier molecular flexibility index (Phi) is 2.95. The summed E-state index contributed by atoms with van der Waals surface area (Å²) in [4.78, 5) is 10.1. The normalized spacial score (nSPS) is 9.00. The Hall–Kier alpha value is -1.71. The molecule has 4 heteroatoms. The van der Waals surface area contributed by atoms with Crippen molar-refractivity contribution >= 4 is 6.09 Å². The second-order valence-corrected chi connectivity index (χ2v) is 2.04. The van der Waals surface area contributed by atoms with E-state index in [9.17, 15) is 4.79 Å². The van der Waals surface area contributed by atoms with Gasteiger partial charge in [-0.3, -0.25) is 0 Å². The fraction of sp³-hybridized carbons (Fsp3) is 0.125. The Balaban J connectivity index is 2.29. The summed E-state index contributed by atoms with van der Waals surface area (Å²) < 4.78 is 9.36. The lowest BCUT2D eigenvalue weighted by molar-refractivity contribution is 0.0657. The monoisotopic (exact) mass is 167 g/mol. The predicted molar refractivity (Wildman–Crippen MR) is 42.6 cm³/mol. The van der Waals surface area contributed by atoms with Crippen LogP contribution in [0.2, 0.25) is 0 Å². The van der Waals surface area contributed by atoms with Crippen molar-refractivity contribution in [3.05, 3.63) is 30.3 Å². The molecule has 0 unspecified atom stereocenters. The van der Waals surface area contributed by atoms with E-state index in [2.05, 4.69) is 4.74 Å². The molecule has 1 aromatic rings. The SMILES string of the molecule is NC(=O)OCOc1ccccc1. The van der Waals surface area contributed by atoms with Crippen LogP contribution in [-0.2, 0) is 4.74 Å². The van der Waals surface area contributed by atoms with Crippen molar-refractivity contribution in [1.82, 2.24) is 0 Å². The number of hydrogen-bond donors (Lipinski definition) is 1. The van der Waals surface area contributed by atoms with E-state index in [1.54, 1.807) is 12.1 Å². The Labute approximate surface area is 69.9 Å². The second-order valence-electron chi connectivity index (χ2n) is 2.04. The van der Waals surface area contributed by atoms with Gasteiger partial charge < -0.3 is 15.2 Å². The van der Waals surface area contributed by atoms with Crippen LogP contribution in [0, 0.1) is 0 Å². The summed E-state index contributed by atoms with van der Waals surface area (Å²) >= 11 is 0. The summed E-state index contributed by atoms with van der Waals surface area (Å²) in [5, 5.41) is 0. The topological polar surface area (TPSA) is 61.6 Å². The first-order chi connectivity index (χ1) is 5.79. The van der Waals surface area contributed by atoms with Crippen molar-refractivity contribution in [3.8, 4) is 5.75 Å². The van der Waals surface area contributed by atoms with Crippen LogP contribution in [0.1, 0.15) is 0 Å². The molecular formula is C8H9NO3. The van der Waals surface area contributed by atoms with Crippen molar-refractivity contribution in [2.24, 2.45) is 5.73 Å². The Morgan fingerprint density at radius 2 is 2.00 bits per heavy atom. The quantitative estimate of drug-likeness (QED) is 0.686. The maximum Gasteiger partial charge on any atom is 0.407 e. The lowest BCUT2D eigenvalue weighted by atomic mass is 10.3. The van der Waals surface area contributed by atoms with Gasteiger partial charge in [-0.25, -0.2) is 4.79 Å². The fourth-order valence-electron chi connectivity index (χ4n) is 0.672. The molecule has 0 aliphatic heterocycles. The van der Waals surface area contributed by atoms with Crippen LogP contribution in [0.4, 0.5) is 4.79 Å². The number of ether oxygens (including phenoxy) is 2. The van der Waals surface area contributed by atoms with E-state index < -0.39 is 6.09 Å². The third-order valence-corrected chi connectivity index (χ3v) is 1.17. The highest BCUT2D eigenvalue weighted by molar-refractivity contribution is 5.64. The highest BCUT2D eigenvalue weighted by Crippen LogP contribution is 2.07. The molecule has 0 heterocycles. The molecule has 0 spiro atoms. The first kappa shape index (κ1) is 8.39. The molecule has 0 saturated carbocycles. The molecule has 1 rings (SSSR count). The van der Waals surface area contributed by atoms with Crippen LogP contribution in [0.15, 0.2) is 30.3 Å². The van der Waals surface area contributed by atoms with Crippen LogP contribution in [0.3, 0.4) is 0 Å². The smallest absolute Gasteiger partial charge is 0.407 e. The van der Waals surface area contributed by atoms with Gasteiger partial charge in [0.05, 0.1) is 0 Å². The van der Waals surface area contributed by atoms with Crippen molar-refractivity contribution in [1.29, 1.82) is 0 Å². The average molecular weight is 167 g/mol. The molecular weight excluding hydrogens is 158 g/mol. The van der Waals surface area contributed by atoms with Gasteiger partial charge in [0.2, 0.25) is 6.79 Å². The number of carbonyl (C=O) groups is 1. The van der Waals surface area contributed by atoms with E-state index in [0.717, 1.165) is 0 Å². The summed E-state index contributed by atoms with van der Waals surface area (Å²) in [5.41, 5.74) is 4.72. The minimum absolute atomic E-state index is 0.153. The Bertz CT molecular complexity index is 248. The third kappa shape index (κ3) is 2.92. The Morgan fingerprint density at radius 3 is 2.58 bits per heavy atom. The van der Waals surface area contributed by atoms with Crippen LogP contribution in [0.25, 0.3) is 0 Å². The minimum atomic E-state index is -0.842. The molecule has 0 aromatic heterocycles. The van der Waals surface area contributed by atoms with Crippen LogP contribution >= 0.6 is 0 Å². The van der Waals surface area contributed by atoms with E-state index >= 15 is 0 Å². The minimum Gasteiger partial charge on any atom is -0.457 e. The number of rotatable bonds is 3. The number of nitrogens with two attached hydrogens (primary N) is 1. The number of carbonyl (C=O) groups excluding carboxylic acids is 1. The molecule has 0 aliphatic rings. The summed E-state index contributed by atoms with van der Waals surface area (Å²) in [7, 11) is 0. The van der Waals surface area contributed by atoms with Gasteiger partial charge in [0.25, 0.3) is 0 Å². The van der Waals surface area contributed by atoms with Crippen LogP contribution in [-0.4, -0.2) is 12.9 Å². The lowest BCUT2D eigenvalue weighted by Gasteiger charge is -2.03. The molecule has 4 nitrogen and oxygen atoms in total. The maximum atomic E-state index is 10.1. The summed E-state index contributed by atoms with van der Waals surface area (Å²) in [5.74, 6) is 0.638. The highest BCUT2D eigenvalue weighted by atomic mass is 16.7. The maximum absolute atomic E-state index is 10.1. The van der Waals surface area contributed by atoms with Crippen molar-refractivity contribution in [3.63, 3.8) is 0 Å². The van der Waals surface area contributed by atoms with Crippen molar-refractivity contribution in [2.45, 2.75) is 0 Å². The van der Waals surface area contributed by atoms with Gasteiger partial charge in [0.15, 0.2) is 0 Å². The van der Waals surface area contributed by atoms with E-state index in [1.165, 1.54) is 0 Å². The van der Waals surface area contributed by atoms with E-state index in [4.69, 9.17) is 10.5 Å². The molecule has 64 valence electrons. The fourth-order valence-corrected chi connectivity index (χ4v) is 0.672. The highest BCUT2D eigenvalue weighted by Gasteiger charge is 1.93. The van der Waals surface area contributed by atoms with Crippen LogP contribution in [0.5, 0.6) is 5.75 Å². The predicted octanol–water partition coefficient (Wildman–Crippen LogP) is 1.12. The first-order valence-electron chi connectivity index (χ1n) is 3.39. The number of para-hydroxylation sites is 1. The van der Waals surface area contributed by atoms with Gasteiger partial charge in [-0.15, -0.1) is 0 Å². The largest absolute Gasteiger partial charge is 0.457 e. The zero-order valence-electron chi connectivity index (χ0n) is 6.40. The molecule has 0 saturated heterocycles. The summed E-state index contributed by atoms with van der Waals surface area (Å²) in [6.07, 6.45) is -0.842. The summed E-state index contributed by atoms with van der Waals surface area (Å²) in [6.45, 7) is -0.153. The average Bonchev–Trinajstić information content (AvgIpc) is 2.05. The van der Waals surface area contributed by atoms with Crippen molar-refractivity contribution in [2.75, 3.05) is 6.79 Å². The third-order valence-electron chi connectivity index (χ3n) is 1.17. The number of benzene rings is 1. The van der Waals surface area contributed by atoms with Gasteiger partial charge in [-0.2, -0.15) is 0 Å². The Morgan fingerprint density at radius 1 is 1.33 bits per heavy atom. The molecule has 0 atom stereocenters. The van der Waals surface area contributed by atoms with Gasteiger partial charge >= 0.3 is 6.09 Å². The zero-order chi connectivity index (χ0) is 8.81. The van der Waals surface area contributed by atoms with E-state index in [-0.39, 0.29) is 6.79 Å². The number of primary amides is 1. The molecule has 1 amide bonds. The van der Waals surface area contributed by atoms with Crippen LogP contribution < -0.4 is 10.5 Å². The second kappa shape index (κ2) is 4.23. The summed E-state index contributed by atoms with van der Waals surface area (Å²) in [6, 6.07) is 9.01. The van der Waals surface area contributed by atoms with Gasteiger partial charge in [-0.1, -0.05) is 18.2 Å². The zero-order valence-corrected chi connectivity index (χ0v) is 6.40. The van der Waals surface area contributed by atoms with E-state index in [1.807, 2.05) is 18.2 Å². The van der Waals surface area contributed by atoms with Gasteiger partial charge in [0, 0.05) is 0 Å². The molecule has 2 N–H and O–H groups in total. The lowest BCUT2D eigenvalue weighted by Crippen LogP contribution is -2.16. The molecule has 12 heavy (non-hydrogen) atoms. The van der Waals surface area contributed by atoms with Gasteiger partial charge in [-0.05, 0) is 12.1 Å². The number of hydrogen-bond acceptors (Lipinski definition) is 3. The standard InChI is InChI=1S/C8H9NO3/c9-8(10)12-6-11-7-4-2-1-3-5-7/h1-5H,6H2,(H2,9,10). The number of amides is 1. The van der Waals surface area contributed by atoms with Gasteiger partial charge in [0.1, 0.15) is 5.75 Å².